The van der Waals surface area contributed by atoms with Crippen molar-refractivity contribution in [3.05, 3.63) is 48.2 Å². The predicted octanol–water partition coefficient (Wildman–Crippen LogP) is 5.91. The largest absolute Gasteiger partial charge is 0.495 e. The monoisotopic (exact) mass is 646 g/mol. The molecule has 2 aromatic carbocycles. The first-order valence-corrected chi connectivity index (χ1v) is 17.2. The fourth-order valence-electron chi connectivity index (χ4n) is 6.48. The Labute approximate surface area is 263 Å². The summed E-state index contributed by atoms with van der Waals surface area (Å²) in [6.07, 6.45) is 3.39. The number of anilines is 2. The zero-order valence-corrected chi connectivity index (χ0v) is 26.7. The van der Waals surface area contributed by atoms with Crippen molar-refractivity contribution in [2.45, 2.75) is 74.3 Å². The number of rotatable bonds is 9. The van der Waals surface area contributed by atoms with Crippen LogP contribution in [0.25, 0.3) is 10.9 Å². The van der Waals surface area contributed by atoms with Crippen LogP contribution in [0, 0.1) is 11.8 Å². The van der Waals surface area contributed by atoms with Gasteiger partial charge in [0.1, 0.15) is 12.3 Å². The maximum Gasteiger partial charge on any atom is 0.406 e. The second-order valence-electron chi connectivity index (χ2n) is 11.9. The topological polar surface area (TPSA) is 84.8 Å². The molecule has 2 aliphatic rings. The van der Waals surface area contributed by atoms with Crippen LogP contribution in [0.5, 0.6) is 5.75 Å². The minimum absolute atomic E-state index is 0.110. The summed E-state index contributed by atoms with van der Waals surface area (Å²) in [5.41, 5.74) is 2.07. The number of ether oxygens (including phenoxy) is 2. The molecule has 5 rings (SSSR count). The van der Waals surface area contributed by atoms with Crippen molar-refractivity contribution >= 4 is 32.1 Å². The van der Waals surface area contributed by atoms with E-state index in [1.165, 1.54) is 23.8 Å². The molecule has 0 amide bonds. The standard InChI is InChI=1S/C33H41F3N4O4S/c1-43-26-8-6-18-39(21-26)24-13-11-23(12-14-24)38-29-9-4-10-31-28(29)19-25(40(31)22-33(34,35)36)7-5-17-37-30-16-15-27(45(3,41)42)20-32(30)44-2/h4,9-10,15-16,19-20,23-24,26,37-38H,6,8,11-14,17-18,21-22H2,1-3H3/t23-,24-,26?. The second-order valence-corrected chi connectivity index (χ2v) is 13.9. The van der Waals surface area contributed by atoms with Crippen LogP contribution in [0.4, 0.5) is 24.5 Å². The third kappa shape index (κ3) is 8.26. The summed E-state index contributed by atoms with van der Waals surface area (Å²) in [6, 6.07) is 12.4. The Kier molecular flexibility index (Phi) is 10.2. The molecule has 2 fully saturated rings. The molecule has 1 aliphatic heterocycles. The van der Waals surface area contributed by atoms with Crippen molar-refractivity contribution in [3.63, 3.8) is 0 Å². The fraction of sp³-hybridized carbons (Fsp3) is 0.515. The Balaban J connectivity index is 1.31. The normalized spacial score (nSPS) is 21.2. The van der Waals surface area contributed by atoms with E-state index < -0.39 is 22.6 Å². The van der Waals surface area contributed by atoms with Crippen LogP contribution in [0.3, 0.4) is 0 Å². The van der Waals surface area contributed by atoms with E-state index in [9.17, 15) is 21.6 Å². The molecule has 1 aromatic heterocycles. The number of halogens is 3. The second kappa shape index (κ2) is 13.9. The molecule has 1 atom stereocenters. The number of fused-ring (bicyclic) bond motifs is 1. The Morgan fingerprint density at radius 3 is 2.49 bits per heavy atom. The van der Waals surface area contributed by atoms with Gasteiger partial charge >= 0.3 is 6.18 Å². The number of benzene rings is 2. The Morgan fingerprint density at radius 2 is 1.80 bits per heavy atom. The maximum absolute atomic E-state index is 13.7. The molecule has 1 unspecified atom stereocenters. The number of likely N-dealkylation sites (tertiary alicyclic amines) is 1. The van der Waals surface area contributed by atoms with Crippen molar-refractivity contribution in [1.82, 2.24) is 9.47 Å². The van der Waals surface area contributed by atoms with Gasteiger partial charge in [-0.05, 0) is 81.3 Å². The molecule has 244 valence electrons. The van der Waals surface area contributed by atoms with E-state index in [0.29, 0.717) is 34.5 Å². The van der Waals surface area contributed by atoms with Gasteiger partial charge in [-0.2, -0.15) is 13.2 Å². The summed E-state index contributed by atoms with van der Waals surface area (Å²) < 4.78 is 76.9. The third-order valence-corrected chi connectivity index (χ3v) is 9.89. The number of aromatic nitrogens is 1. The molecule has 8 nitrogen and oxygen atoms in total. The number of nitrogens with one attached hydrogen (secondary N) is 2. The highest BCUT2D eigenvalue weighted by atomic mass is 32.2. The minimum atomic E-state index is -4.42. The van der Waals surface area contributed by atoms with Crippen LogP contribution >= 0.6 is 0 Å². The molecule has 12 heteroatoms. The lowest BCUT2D eigenvalue weighted by Gasteiger charge is -2.41. The highest BCUT2D eigenvalue weighted by Crippen LogP contribution is 2.33. The molecule has 0 bridgehead atoms. The van der Waals surface area contributed by atoms with Crippen LogP contribution < -0.4 is 15.4 Å². The van der Waals surface area contributed by atoms with Gasteiger partial charge in [0.15, 0.2) is 9.84 Å². The van der Waals surface area contributed by atoms with E-state index in [1.54, 1.807) is 31.4 Å². The molecular weight excluding hydrogens is 605 g/mol. The minimum Gasteiger partial charge on any atom is -0.495 e. The molecule has 1 saturated carbocycles. The summed E-state index contributed by atoms with van der Waals surface area (Å²) in [6.45, 7) is 1.05. The molecule has 2 heterocycles. The summed E-state index contributed by atoms with van der Waals surface area (Å²) in [5, 5.41) is 7.40. The molecule has 2 N–H and O–H groups in total. The van der Waals surface area contributed by atoms with Crippen molar-refractivity contribution in [1.29, 1.82) is 0 Å². The van der Waals surface area contributed by atoms with Crippen LogP contribution in [0.15, 0.2) is 47.4 Å². The first kappa shape index (κ1) is 33.0. The molecule has 0 radical (unpaired) electrons. The van der Waals surface area contributed by atoms with E-state index in [-0.39, 0.29) is 23.2 Å². The summed E-state index contributed by atoms with van der Waals surface area (Å²) >= 11 is 0. The van der Waals surface area contributed by atoms with Gasteiger partial charge in [-0.15, -0.1) is 0 Å². The maximum atomic E-state index is 13.7. The number of nitrogens with zero attached hydrogens (tertiary/aromatic N) is 2. The van der Waals surface area contributed by atoms with Gasteiger partial charge in [-0.3, -0.25) is 4.90 Å². The molecule has 1 saturated heterocycles. The third-order valence-electron chi connectivity index (χ3n) is 8.78. The number of hydrogen-bond acceptors (Lipinski definition) is 7. The van der Waals surface area contributed by atoms with Gasteiger partial charge in [0.05, 0.1) is 41.6 Å². The van der Waals surface area contributed by atoms with Crippen LogP contribution in [0.1, 0.15) is 44.2 Å². The zero-order valence-electron chi connectivity index (χ0n) is 25.9. The van der Waals surface area contributed by atoms with Crippen molar-refractivity contribution in [2.24, 2.45) is 0 Å². The molecule has 0 spiro atoms. The van der Waals surface area contributed by atoms with E-state index >= 15 is 0 Å². The first-order chi connectivity index (χ1) is 21.4. The lowest BCUT2D eigenvalue weighted by Crippen LogP contribution is -2.47. The van der Waals surface area contributed by atoms with Gasteiger partial charge in [0.2, 0.25) is 0 Å². The number of methoxy groups -OCH3 is 2. The molecule has 45 heavy (non-hydrogen) atoms. The van der Waals surface area contributed by atoms with Gasteiger partial charge in [-0.1, -0.05) is 12.0 Å². The average molecular weight is 647 g/mol. The van der Waals surface area contributed by atoms with Crippen LogP contribution in [-0.4, -0.2) is 82.4 Å². The SMILES string of the molecule is COc1cc(S(C)(=O)=O)ccc1NCC#Cc1cc2c(N[C@H]3CC[C@H](N4CCCC(OC)C4)CC3)cccc2n1CC(F)(F)F. The van der Waals surface area contributed by atoms with Crippen molar-refractivity contribution in [3.8, 4) is 17.6 Å². The van der Waals surface area contributed by atoms with Crippen LogP contribution in [0.2, 0.25) is 0 Å². The lowest BCUT2D eigenvalue weighted by atomic mass is 9.88. The van der Waals surface area contributed by atoms with E-state index in [4.69, 9.17) is 9.47 Å². The summed E-state index contributed by atoms with van der Waals surface area (Å²) in [7, 11) is -0.199. The smallest absolute Gasteiger partial charge is 0.406 e. The number of hydrogen-bond donors (Lipinski definition) is 2. The van der Waals surface area contributed by atoms with E-state index in [2.05, 4.69) is 27.4 Å². The van der Waals surface area contributed by atoms with Gasteiger partial charge in [0, 0.05) is 49.1 Å². The molecule has 3 aromatic rings. The Bertz CT molecular complexity index is 1650. The fourth-order valence-corrected chi connectivity index (χ4v) is 7.12. The van der Waals surface area contributed by atoms with E-state index in [0.717, 1.165) is 63.6 Å². The zero-order chi connectivity index (χ0) is 32.2. The Hall–Kier alpha value is -3.40. The first-order valence-electron chi connectivity index (χ1n) is 15.3. The van der Waals surface area contributed by atoms with E-state index in [1.807, 2.05) is 6.07 Å². The highest BCUT2D eigenvalue weighted by Gasteiger charge is 2.31. The molecular formula is C33H41F3N4O4S. The van der Waals surface area contributed by atoms with Crippen molar-refractivity contribution in [2.75, 3.05) is 50.7 Å². The number of alkyl halides is 3. The molecule has 1 aliphatic carbocycles. The lowest BCUT2D eigenvalue weighted by molar-refractivity contribution is -0.140. The average Bonchev–Trinajstić information content (AvgIpc) is 3.35. The predicted molar refractivity (Wildman–Crippen MR) is 171 cm³/mol. The number of piperidine rings is 1. The summed E-state index contributed by atoms with van der Waals surface area (Å²) in [4.78, 5) is 2.68. The number of sulfone groups is 1. The van der Waals surface area contributed by atoms with Gasteiger partial charge in [-0.25, -0.2) is 8.42 Å². The highest BCUT2D eigenvalue weighted by molar-refractivity contribution is 7.90. The summed E-state index contributed by atoms with van der Waals surface area (Å²) in [5.74, 6) is 6.17. The Morgan fingerprint density at radius 1 is 1.02 bits per heavy atom. The van der Waals surface area contributed by atoms with Crippen molar-refractivity contribution < 1.29 is 31.1 Å². The van der Waals surface area contributed by atoms with Gasteiger partial charge in [0.25, 0.3) is 0 Å². The van der Waals surface area contributed by atoms with Crippen LogP contribution in [-0.2, 0) is 21.1 Å². The quantitative estimate of drug-likeness (QED) is 0.280. The van der Waals surface area contributed by atoms with Gasteiger partial charge < -0.3 is 24.7 Å².